The molecule has 1 amide bonds. The SMILES string of the molecule is COc1ccc(C(C)(NC(C)C)C(N)=O)c(OC)c1. The summed E-state index contributed by atoms with van der Waals surface area (Å²) in [6.07, 6.45) is 0. The molecule has 0 aliphatic heterocycles. The molecule has 0 heterocycles. The highest BCUT2D eigenvalue weighted by atomic mass is 16.5. The molecule has 3 N–H and O–H groups in total. The summed E-state index contributed by atoms with van der Waals surface area (Å²) in [6.45, 7) is 5.66. The molecule has 0 aliphatic carbocycles. The van der Waals surface area contributed by atoms with Crippen molar-refractivity contribution in [2.45, 2.75) is 32.4 Å². The summed E-state index contributed by atoms with van der Waals surface area (Å²) in [5, 5.41) is 3.19. The van der Waals surface area contributed by atoms with Gasteiger partial charge in [-0.2, -0.15) is 0 Å². The van der Waals surface area contributed by atoms with Crippen molar-refractivity contribution in [1.82, 2.24) is 5.32 Å². The molecular formula is C14H22N2O3. The lowest BCUT2D eigenvalue weighted by Gasteiger charge is -2.31. The molecule has 0 fully saturated rings. The molecule has 0 saturated heterocycles. The predicted octanol–water partition coefficient (Wildman–Crippen LogP) is 1.40. The van der Waals surface area contributed by atoms with Crippen LogP contribution in [0.2, 0.25) is 0 Å². The van der Waals surface area contributed by atoms with Gasteiger partial charge in [0.1, 0.15) is 17.0 Å². The number of nitrogens with one attached hydrogen (secondary N) is 1. The topological polar surface area (TPSA) is 73.6 Å². The number of nitrogens with two attached hydrogens (primary N) is 1. The van der Waals surface area contributed by atoms with Crippen LogP contribution in [0.3, 0.4) is 0 Å². The molecule has 0 aromatic heterocycles. The molecule has 0 aliphatic rings. The Morgan fingerprint density at radius 2 is 1.95 bits per heavy atom. The van der Waals surface area contributed by atoms with Gasteiger partial charge in [-0.1, -0.05) is 0 Å². The quantitative estimate of drug-likeness (QED) is 0.816. The third kappa shape index (κ3) is 3.17. The molecule has 0 spiro atoms. The highest BCUT2D eigenvalue weighted by molar-refractivity contribution is 5.86. The highest BCUT2D eigenvalue weighted by Gasteiger charge is 2.36. The van der Waals surface area contributed by atoms with Gasteiger partial charge in [-0.15, -0.1) is 0 Å². The van der Waals surface area contributed by atoms with E-state index >= 15 is 0 Å². The van der Waals surface area contributed by atoms with Crippen LogP contribution in [0.25, 0.3) is 0 Å². The van der Waals surface area contributed by atoms with Gasteiger partial charge in [-0.3, -0.25) is 10.1 Å². The number of rotatable bonds is 6. The first-order valence-corrected chi connectivity index (χ1v) is 6.15. The number of methoxy groups -OCH3 is 2. The van der Waals surface area contributed by atoms with Gasteiger partial charge in [0.2, 0.25) is 5.91 Å². The van der Waals surface area contributed by atoms with Gasteiger partial charge in [0, 0.05) is 17.7 Å². The minimum absolute atomic E-state index is 0.101. The Balaban J connectivity index is 3.34. The number of ether oxygens (including phenoxy) is 2. The Morgan fingerprint density at radius 3 is 2.37 bits per heavy atom. The van der Waals surface area contributed by atoms with E-state index in [1.165, 1.54) is 0 Å². The number of primary amides is 1. The molecule has 1 atom stereocenters. The maximum absolute atomic E-state index is 11.9. The summed E-state index contributed by atoms with van der Waals surface area (Å²) in [5.74, 6) is 0.774. The molecule has 1 aromatic carbocycles. The van der Waals surface area contributed by atoms with Crippen molar-refractivity contribution in [3.8, 4) is 11.5 Å². The molecule has 1 rings (SSSR count). The van der Waals surface area contributed by atoms with E-state index in [1.54, 1.807) is 39.3 Å². The van der Waals surface area contributed by atoms with Gasteiger partial charge in [0.15, 0.2) is 0 Å². The number of carbonyl (C=O) groups is 1. The standard InChI is InChI=1S/C14H22N2O3/c1-9(2)16-14(3,13(15)17)11-7-6-10(18-4)8-12(11)19-5/h6-9,16H,1-5H3,(H2,15,17). The first-order valence-electron chi connectivity index (χ1n) is 6.15. The zero-order valence-electron chi connectivity index (χ0n) is 12.1. The normalized spacial score (nSPS) is 14.0. The van der Waals surface area contributed by atoms with Gasteiger partial charge < -0.3 is 15.2 Å². The van der Waals surface area contributed by atoms with Crippen molar-refractivity contribution in [1.29, 1.82) is 0 Å². The zero-order valence-corrected chi connectivity index (χ0v) is 12.1. The van der Waals surface area contributed by atoms with Crippen molar-refractivity contribution in [2.75, 3.05) is 14.2 Å². The Bertz CT molecular complexity index is 460. The van der Waals surface area contributed by atoms with Crippen molar-refractivity contribution in [3.05, 3.63) is 23.8 Å². The average molecular weight is 266 g/mol. The molecule has 0 radical (unpaired) electrons. The van der Waals surface area contributed by atoms with Gasteiger partial charge >= 0.3 is 0 Å². The van der Waals surface area contributed by atoms with Crippen LogP contribution in [0.4, 0.5) is 0 Å². The lowest BCUT2D eigenvalue weighted by atomic mass is 9.89. The predicted molar refractivity (Wildman–Crippen MR) is 74.4 cm³/mol. The third-order valence-corrected chi connectivity index (χ3v) is 3.02. The first kappa shape index (κ1) is 15.3. The fraction of sp³-hybridized carbons (Fsp3) is 0.500. The summed E-state index contributed by atoms with van der Waals surface area (Å²) in [7, 11) is 3.13. The van der Waals surface area contributed by atoms with E-state index < -0.39 is 11.4 Å². The van der Waals surface area contributed by atoms with Gasteiger partial charge in [0.05, 0.1) is 14.2 Å². The van der Waals surface area contributed by atoms with Crippen molar-refractivity contribution in [2.24, 2.45) is 5.73 Å². The van der Waals surface area contributed by atoms with E-state index in [-0.39, 0.29) is 6.04 Å². The fourth-order valence-corrected chi connectivity index (χ4v) is 2.07. The molecular weight excluding hydrogens is 244 g/mol. The maximum atomic E-state index is 11.9. The Hall–Kier alpha value is -1.75. The number of hydrogen-bond donors (Lipinski definition) is 2. The van der Waals surface area contributed by atoms with E-state index in [4.69, 9.17) is 15.2 Å². The van der Waals surface area contributed by atoms with Crippen LogP contribution in [0, 0.1) is 0 Å². The lowest BCUT2D eigenvalue weighted by molar-refractivity contribution is -0.124. The summed E-state index contributed by atoms with van der Waals surface area (Å²) in [5.41, 5.74) is 5.25. The third-order valence-electron chi connectivity index (χ3n) is 3.02. The second kappa shape index (κ2) is 5.93. The number of benzene rings is 1. The molecule has 106 valence electrons. The summed E-state index contributed by atoms with van der Waals surface area (Å²) < 4.78 is 10.5. The largest absolute Gasteiger partial charge is 0.497 e. The summed E-state index contributed by atoms with van der Waals surface area (Å²) >= 11 is 0. The summed E-state index contributed by atoms with van der Waals surface area (Å²) in [4.78, 5) is 11.9. The molecule has 1 unspecified atom stereocenters. The summed E-state index contributed by atoms with van der Waals surface area (Å²) in [6, 6.07) is 5.40. The number of hydrogen-bond acceptors (Lipinski definition) is 4. The second-order valence-corrected chi connectivity index (χ2v) is 4.85. The van der Waals surface area contributed by atoms with Crippen molar-refractivity contribution < 1.29 is 14.3 Å². The van der Waals surface area contributed by atoms with Crippen molar-refractivity contribution in [3.63, 3.8) is 0 Å². The average Bonchev–Trinajstić information content (AvgIpc) is 2.36. The van der Waals surface area contributed by atoms with E-state index in [9.17, 15) is 4.79 Å². The van der Waals surface area contributed by atoms with E-state index in [1.807, 2.05) is 13.8 Å². The second-order valence-electron chi connectivity index (χ2n) is 4.85. The zero-order chi connectivity index (χ0) is 14.6. The molecule has 5 nitrogen and oxygen atoms in total. The van der Waals surface area contributed by atoms with Gasteiger partial charge in [0.25, 0.3) is 0 Å². The van der Waals surface area contributed by atoms with Crippen LogP contribution >= 0.6 is 0 Å². The molecule has 0 bridgehead atoms. The fourth-order valence-electron chi connectivity index (χ4n) is 2.07. The van der Waals surface area contributed by atoms with Gasteiger partial charge in [-0.05, 0) is 32.9 Å². The highest BCUT2D eigenvalue weighted by Crippen LogP contribution is 2.33. The van der Waals surface area contributed by atoms with Crippen LogP contribution in [0.15, 0.2) is 18.2 Å². The minimum Gasteiger partial charge on any atom is -0.497 e. The Morgan fingerprint density at radius 1 is 1.32 bits per heavy atom. The van der Waals surface area contributed by atoms with Crippen LogP contribution in [-0.2, 0) is 10.3 Å². The Kier molecular flexibility index (Phi) is 4.78. The smallest absolute Gasteiger partial charge is 0.242 e. The molecule has 5 heteroatoms. The molecule has 1 aromatic rings. The minimum atomic E-state index is -0.994. The van der Waals surface area contributed by atoms with Crippen LogP contribution in [0.1, 0.15) is 26.3 Å². The first-order chi connectivity index (χ1) is 8.85. The van der Waals surface area contributed by atoms with Crippen LogP contribution in [-0.4, -0.2) is 26.2 Å². The maximum Gasteiger partial charge on any atom is 0.242 e. The lowest BCUT2D eigenvalue weighted by Crippen LogP contribution is -2.53. The van der Waals surface area contributed by atoms with E-state index in [0.29, 0.717) is 17.1 Å². The van der Waals surface area contributed by atoms with Crippen molar-refractivity contribution >= 4 is 5.91 Å². The van der Waals surface area contributed by atoms with Crippen LogP contribution in [0.5, 0.6) is 11.5 Å². The van der Waals surface area contributed by atoms with Crippen LogP contribution < -0.4 is 20.5 Å². The van der Waals surface area contributed by atoms with Gasteiger partial charge in [-0.25, -0.2) is 0 Å². The van der Waals surface area contributed by atoms with E-state index in [2.05, 4.69) is 5.32 Å². The molecule has 0 saturated carbocycles. The van der Waals surface area contributed by atoms with E-state index in [0.717, 1.165) is 0 Å². The Labute approximate surface area is 114 Å². The molecule has 19 heavy (non-hydrogen) atoms. The monoisotopic (exact) mass is 266 g/mol. The number of carbonyl (C=O) groups excluding carboxylic acids is 1. The number of amides is 1.